The summed E-state index contributed by atoms with van der Waals surface area (Å²) in [6, 6.07) is 2.38. The molecule has 1 saturated carbocycles. The summed E-state index contributed by atoms with van der Waals surface area (Å²) in [5, 5.41) is 1.47. The maximum absolute atomic E-state index is 12.2. The van der Waals surface area contributed by atoms with Crippen molar-refractivity contribution in [1.82, 2.24) is 9.63 Å². The van der Waals surface area contributed by atoms with Gasteiger partial charge in [-0.15, -0.1) is 0 Å². The fraction of sp³-hybridized carbons (Fsp3) is 0.545. The summed E-state index contributed by atoms with van der Waals surface area (Å²) in [6.45, 7) is 1.35. The minimum absolute atomic E-state index is 0.0184. The van der Waals surface area contributed by atoms with Gasteiger partial charge in [0.05, 0.1) is 13.2 Å². The van der Waals surface area contributed by atoms with Crippen LogP contribution < -0.4 is 0 Å². The predicted molar refractivity (Wildman–Crippen MR) is 62.0 cm³/mol. The summed E-state index contributed by atoms with van der Waals surface area (Å²) < 4.78 is 3.02. The average molecular weight is 285 g/mol. The van der Waals surface area contributed by atoms with Gasteiger partial charge >= 0.3 is 0 Å². The van der Waals surface area contributed by atoms with Crippen LogP contribution in [0.5, 0.6) is 0 Å². The number of rotatable bonds is 2. The largest absolute Gasteiger partial charge is 0.339 e. The van der Waals surface area contributed by atoms with Crippen LogP contribution in [0.2, 0.25) is 0 Å². The molecule has 1 aliphatic carbocycles. The summed E-state index contributed by atoms with van der Waals surface area (Å²) in [4.78, 5) is 17.5. The highest BCUT2D eigenvalue weighted by Crippen LogP contribution is 2.37. The van der Waals surface area contributed by atoms with E-state index in [4.69, 9.17) is 4.84 Å². The molecular weight excluding hydrogens is 272 g/mol. The van der Waals surface area contributed by atoms with Gasteiger partial charge in [0.1, 0.15) is 5.69 Å². The second-order valence-corrected chi connectivity index (χ2v) is 5.19. The quantitative estimate of drug-likeness (QED) is 0.836. The summed E-state index contributed by atoms with van der Waals surface area (Å²) in [5.74, 6) is -0.0184. The lowest BCUT2D eigenvalue weighted by Gasteiger charge is -2.15. The molecule has 0 N–H and O–H groups in total. The van der Waals surface area contributed by atoms with E-state index in [0.717, 1.165) is 16.6 Å². The molecule has 3 rings (SSSR count). The average Bonchev–Trinajstić information content (AvgIpc) is 2.83. The third kappa shape index (κ3) is 1.78. The van der Waals surface area contributed by atoms with Crippen LogP contribution in [-0.4, -0.2) is 28.7 Å². The second kappa shape index (κ2) is 3.89. The molecule has 4 nitrogen and oxygen atoms in total. The Kier molecular flexibility index (Phi) is 2.52. The number of carbonyl (C=O) groups excluding carboxylic acids is 1. The van der Waals surface area contributed by atoms with Gasteiger partial charge in [-0.3, -0.25) is 9.63 Å². The number of aromatic nitrogens is 1. The summed E-state index contributed by atoms with van der Waals surface area (Å²) in [6.07, 6.45) is 5.25. The van der Waals surface area contributed by atoms with Gasteiger partial charge in [-0.05, 0) is 41.3 Å². The molecule has 1 amide bonds. The van der Waals surface area contributed by atoms with Crippen molar-refractivity contribution in [3.63, 3.8) is 0 Å². The smallest absolute Gasteiger partial charge is 0.294 e. The maximum Gasteiger partial charge on any atom is 0.294 e. The van der Waals surface area contributed by atoms with Crippen molar-refractivity contribution in [3.05, 3.63) is 22.4 Å². The van der Waals surface area contributed by atoms with Crippen LogP contribution in [-0.2, 0) is 4.84 Å². The normalized spacial score (nSPS) is 20.4. The van der Waals surface area contributed by atoms with E-state index in [2.05, 4.69) is 20.5 Å². The zero-order valence-electron chi connectivity index (χ0n) is 8.86. The third-order valence-corrected chi connectivity index (χ3v) is 3.39. The molecule has 1 aliphatic heterocycles. The highest BCUT2D eigenvalue weighted by molar-refractivity contribution is 9.10. The molecule has 2 aliphatic rings. The molecule has 0 atom stereocenters. The molecule has 0 spiro atoms. The highest BCUT2D eigenvalue weighted by atomic mass is 79.9. The SMILES string of the molecule is O=C(c1cc(Br)cn1C1CC1)N1CCCO1. The molecule has 0 bridgehead atoms. The number of carbonyl (C=O) groups is 1. The van der Waals surface area contributed by atoms with Crippen LogP contribution in [0, 0.1) is 0 Å². The molecule has 2 heterocycles. The summed E-state index contributed by atoms with van der Waals surface area (Å²) in [5.41, 5.74) is 0.733. The lowest BCUT2D eigenvalue weighted by Crippen LogP contribution is -2.28. The summed E-state index contributed by atoms with van der Waals surface area (Å²) >= 11 is 3.42. The lowest BCUT2D eigenvalue weighted by molar-refractivity contribution is -0.0774. The molecule has 2 fully saturated rings. The molecule has 0 aromatic carbocycles. The van der Waals surface area contributed by atoms with Crippen LogP contribution in [0.15, 0.2) is 16.7 Å². The second-order valence-electron chi connectivity index (χ2n) is 4.28. The molecule has 16 heavy (non-hydrogen) atoms. The number of hydrogen-bond acceptors (Lipinski definition) is 2. The Bertz CT molecular complexity index is 420. The number of amides is 1. The molecule has 0 radical (unpaired) electrons. The van der Waals surface area contributed by atoms with Gasteiger partial charge in [-0.1, -0.05) is 0 Å². The van der Waals surface area contributed by atoms with Crippen LogP contribution >= 0.6 is 15.9 Å². The Balaban J connectivity index is 1.89. The van der Waals surface area contributed by atoms with Crippen molar-refractivity contribution in [2.24, 2.45) is 0 Å². The first-order valence-corrected chi connectivity index (χ1v) is 6.37. The minimum Gasteiger partial charge on any atom is -0.339 e. The van der Waals surface area contributed by atoms with Crippen LogP contribution in [0.4, 0.5) is 0 Å². The zero-order chi connectivity index (χ0) is 11.1. The van der Waals surface area contributed by atoms with Gasteiger partial charge in [0.2, 0.25) is 0 Å². The zero-order valence-corrected chi connectivity index (χ0v) is 10.4. The molecule has 86 valence electrons. The van der Waals surface area contributed by atoms with Crippen molar-refractivity contribution in [2.45, 2.75) is 25.3 Å². The van der Waals surface area contributed by atoms with Crippen molar-refractivity contribution in [2.75, 3.05) is 13.2 Å². The van der Waals surface area contributed by atoms with Crippen LogP contribution in [0.3, 0.4) is 0 Å². The lowest BCUT2D eigenvalue weighted by atomic mass is 10.3. The van der Waals surface area contributed by atoms with Crippen molar-refractivity contribution in [1.29, 1.82) is 0 Å². The Labute approximate surface area is 102 Å². The molecule has 0 unspecified atom stereocenters. The maximum atomic E-state index is 12.2. The van der Waals surface area contributed by atoms with E-state index in [1.165, 1.54) is 17.9 Å². The first-order chi connectivity index (χ1) is 7.75. The summed E-state index contributed by atoms with van der Waals surface area (Å²) in [7, 11) is 0. The number of hydroxylamine groups is 2. The minimum atomic E-state index is -0.0184. The topological polar surface area (TPSA) is 34.5 Å². The number of halogens is 1. The van der Waals surface area contributed by atoms with E-state index in [0.29, 0.717) is 19.2 Å². The van der Waals surface area contributed by atoms with Gasteiger partial charge in [0.15, 0.2) is 0 Å². The van der Waals surface area contributed by atoms with Crippen molar-refractivity contribution >= 4 is 21.8 Å². The Morgan fingerprint density at radius 2 is 2.31 bits per heavy atom. The first kappa shape index (κ1) is 10.4. The highest BCUT2D eigenvalue weighted by Gasteiger charge is 2.30. The fourth-order valence-corrected chi connectivity index (χ4v) is 2.44. The molecular formula is C11H13BrN2O2. The standard InChI is InChI=1S/C11H13BrN2O2/c12-8-6-10(13(7-8)9-2-3-9)11(15)14-4-1-5-16-14/h6-7,9H,1-5H2. The number of nitrogens with zero attached hydrogens (tertiary/aromatic N) is 2. The third-order valence-electron chi connectivity index (χ3n) is 2.95. The van der Waals surface area contributed by atoms with Crippen LogP contribution in [0.1, 0.15) is 35.8 Å². The van der Waals surface area contributed by atoms with E-state index >= 15 is 0 Å². The number of hydrogen-bond donors (Lipinski definition) is 0. The van der Waals surface area contributed by atoms with E-state index in [1.807, 2.05) is 12.3 Å². The Morgan fingerprint density at radius 3 is 2.94 bits per heavy atom. The van der Waals surface area contributed by atoms with E-state index in [-0.39, 0.29) is 5.91 Å². The van der Waals surface area contributed by atoms with E-state index in [9.17, 15) is 4.79 Å². The molecule has 5 heteroatoms. The van der Waals surface area contributed by atoms with Gasteiger partial charge in [-0.25, -0.2) is 5.06 Å². The van der Waals surface area contributed by atoms with Gasteiger partial charge in [-0.2, -0.15) is 0 Å². The molecule has 1 aromatic rings. The van der Waals surface area contributed by atoms with Crippen molar-refractivity contribution in [3.8, 4) is 0 Å². The van der Waals surface area contributed by atoms with Gasteiger partial charge < -0.3 is 4.57 Å². The van der Waals surface area contributed by atoms with Gasteiger partial charge in [0.25, 0.3) is 5.91 Å². The van der Waals surface area contributed by atoms with Gasteiger partial charge in [0, 0.05) is 16.7 Å². The Hall–Kier alpha value is -0.810. The molecule has 1 aromatic heterocycles. The first-order valence-electron chi connectivity index (χ1n) is 5.58. The van der Waals surface area contributed by atoms with E-state index in [1.54, 1.807) is 0 Å². The monoisotopic (exact) mass is 284 g/mol. The molecule has 1 saturated heterocycles. The van der Waals surface area contributed by atoms with E-state index < -0.39 is 0 Å². The van der Waals surface area contributed by atoms with Crippen LogP contribution in [0.25, 0.3) is 0 Å². The Morgan fingerprint density at radius 1 is 1.50 bits per heavy atom. The van der Waals surface area contributed by atoms with Crippen molar-refractivity contribution < 1.29 is 9.63 Å². The predicted octanol–water partition coefficient (Wildman–Crippen LogP) is 2.36. The fourth-order valence-electron chi connectivity index (χ4n) is 2.01.